The third-order valence-corrected chi connectivity index (χ3v) is 4.13. The number of halogens is 1. The first kappa shape index (κ1) is 14.5. The molecule has 0 aliphatic carbocycles. The molecule has 0 fully saturated rings. The minimum Gasteiger partial charge on any atom is -0.311 e. The summed E-state index contributed by atoms with van der Waals surface area (Å²) in [5.41, 5.74) is -0.0795. The van der Waals surface area contributed by atoms with Gasteiger partial charge in [0.25, 0.3) is 0 Å². The van der Waals surface area contributed by atoms with E-state index in [0.29, 0.717) is 11.6 Å². The van der Waals surface area contributed by atoms with Crippen LogP contribution in [0.3, 0.4) is 0 Å². The molecule has 1 aromatic carbocycles. The number of rotatable bonds is 4. The van der Waals surface area contributed by atoms with Crippen LogP contribution in [0.4, 0.5) is 0 Å². The molecular weight excluding hydrogens is 258 g/mol. The van der Waals surface area contributed by atoms with Crippen LogP contribution in [-0.2, 0) is 9.84 Å². The van der Waals surface area contributed by atoms with Crippen molar-refractivity contribution in [3.8, 4) is 0 Å². The Kier molecular flexibility index (Phi) is 4.58. The average Bonchev–Trinajstić information content (AvgIpc) is 2.15. The minimum atomic E-state index is -3.25. The van der Waals surface area contributed by atoms with Crippen LogP contribution in [0.25, 0.3) is 0 Å². The van der Waals surface area contributed by atoms with E-state index in [1.165, 1.54) is 6.07 Å². The van der Waals surface area contributed by atoms with Crippen molar-refractivity contribution in [1.82, 2.24) is 5.32 Å². The van der Waals surface area contributed by atoms with Gasteiger partial charge in [0, 0.05) is 17.1 Å². The van der Waals surface area contributed by atoms with Crippen molar-refractivity contribution in [1.29, 1.82) is 0 Å². The molecule has 0 aliphatic heterocycles. The second-order valence-corrected chi connectivity index (χ2v) is 7.50. The highest BCUT2D eigenvalue weighted by Gasteiger charge is 2.16. The molecule has 0 heterocycles. The lowest BCUT2D eigenvalue weighted by Crippen LogP contribution is -2.38. The van der Waals surface area contributed by atoms with Crippen LogP contribution in [0.15, 0.2) is 29.2 Å². The summed E-state index contributed by atoms with van der Waals surface area (Å²) < 4.78 is 23.9. The van der Waals surface area contributed by atoms with E-state index < -0.39 is 9.84 Å². The highest BCUT2D eigenvalue weighted by atomic mass is 35.5. The molecule has 1 aromatic rings. The third kappa shape index (κ3) is 5.06. The quantitative estimate of drug-likeness (QED) is 0.918. The van der Waals surface area contributed by atoms with Gasteiger partial charge in [0.05, 0.1) is 10.6 Å². The Morgan fingerprint density at radius 2 is 1.94 bits per heavy atom. The first-order valence-electron chi connectivity index (χ1n) is 5.44. The molecule has 3 nitrogen and oxygen atoms in total. The number of hydrogen-bond donors (Lipinski definition) is 1. The summed E-state index contributed by atoms with van der Waals surface area (Å²) in [4.78, 5) is 0.278. The summed E-state index contributed by atoms with van der Waals surface area (Å²) in [6.07, 6.45) is 0. The van der Waals surface area contributed by atoms with Gasteiger partial charge in [0.2, 0.25) is 0 Å². The van der Waals surface area contributed by atoms with Gasteiger partial charge in [-0.05, 0) is 39.0 Å². The van der Waals surface area contributed by atoms with Gasteiger partial charge in [-0.2, -0.15) is 0 Å². The van der Waals surface area contributed by atoms with Crippen LogP contribution in [0.2, 0.25) is 5.02 Å². The molecule has 0 bridgehead atoms. The van der Waals surface area contributed by atoms with E-state index in [1.807, 2.05) is 20.8 Å². The lowest BCUT2D eigenvalue weighted by atomic mass is 10.1. The minimum absolute atomic E-state index is 0.0740. The molecule has 17 heavy (non-hydrogen) atoms. The zero-order valence-corrected chi connectivity index (χ0v) is 11.9. The van der Waals surface area contributed by atoms with Gasteiger partial charge in [-0.3, -0.25) is 0 Å². The molecule has 1 rings (SSSR count). The molecule has 0 saturated heterocycles. The number of hydrogen-bond acceptors (Lipinski definition) is 3. The summed E-state index contributed by atoms with van der Waals surface area (Å²) in [6, 6.07) is 6.35. The fourth-order valence-electron chi connectivity index (χ4n) is 1.34. The molecule has 0 radical (unpaired) electrons. The fourth-order valence-corrected chi connectivity index (χ4v) is 2.79. The van der Waals surface area contributed by atoms with Gasteiger partial charge in [0.15, 0.2) is 9.84 Å². The van der Waals surface area contributed by atoms with Crippen LogP contribution in [0.5, 0.6) is 0 Å². The van der Waals surface area contributed by atoms with E-state index >= 15 is 0 Å². The normalized spacial score (nSPS) is 12.7. The Bertz CT molecular complexity index is 478. The van der Waals surface area contributed by atoms with Crippen molar-refractivity contribution < 1.29 is 8.42 Å². The van der Waals surface area contributed by atoms with Gasteiger partial charge in [-0.25, -0.2) is 8.42 Å². The van der Waals surface area contributed by atoms with Crippen LogP contribution < -0.4 is 5.32 Å². The molecule has 0 aliphatic rings. The summed E-state index contributed by atoms with van der Waals surface area (Å²) in [5.74, 6) is 0.0740. The molecule has 0 unspecified atom stereocenters. The molecule has 0 atom stereocenters. The fraction of sp³-hybridized carbons (Fsp3) is 0.500. The highest BCUT2D eigenvalue weighted by molar-refractivity contribution is 7.91. The molecule has 1 N–H and O–H groups in total. The monoisotopic (exact) mass is 275 g/mol. The SMILES string of the molecule is CC(C)(C)NCCS(=O)(=O)c1cccc(Cl)c1. The average molecular weight is 276 g/mol. The predicted octanol–water partition coefficient (Wildman–Crippen LogP) is 2.50. The molecule has 0 saturated carbocycles. The van der Waals surface area contributed by atoms with Crippen molar-refractivity contribution in [3.63, 3.8) is 0 Å². The van der Waals surface area contributed by atoms with Crippen molar-refractivity contribution in [2.24, 2.45) is 0 Å². The Balaban J connectivity index is 2.70. The van der Waals surface area contributed by atoms with Gasteiger partial charge in [-0.15, -0.1) is 0 Å². The van der Waals surface area contributed by atoms with Crippen molar-refractivity contribution in [3.05, 3.63) is 29.3 Å². The molecule has 5 heteroatoms. The Morgan fingerprint density at radius 3 is 2.47 bits per heavy atom. The van der Waals surface area contributed by atoms with E-state index in [0.717, 1.165) is 0 Å². The van der Waals surface area contributed by atoms with Crippen LogP contribution in [0.1, 0.15) is 20.8 Å². The second-order valence-electron chi connectivity index (χ2n) is 4.95. The number of nitrogens with one attached hydrogen (secondary N) is 1. The topological polar surface area (TPSA) is 46.2 Å². The maximum Gasteiger partial charge on any atom is 0.179 e. The van der Waals surface area contributed by atoms with E-state index in [4.69, 9.17) is 11.6 Å². The standard InChI is InChI=1S/C12H18ClNO2S/c1-12(2,3)14-7-8-17(15,16)11-6-4-5-10(13)9-11/h4-6,9,14H,7-8H2,1-3H3. The van der Waals surface area contributed by atoms with E-state index in [-0.39, 0.29) is 16.2 Å². The Hall–Kier alpha value is -0.580. The van der Waals surface area contributed by atoms with Crippen LogP contribution in [-0.4, -0.2) is 26.3 Å². The van der Waals surface area contributed by atoms with Gasteiger partial charge >= 0.3 is 0 Å². The van der Waals surface area contributed by atoms with Crippen molar-refractivity contribution in [2.75, 3.05) is 12.3 Å². The van der Waals surface area contributed by atoms with Crippen molar-refractivity contribution in [2.45, 2.75) is 31.2 Å². The molecule has 0 spiro atoms. The lowest BCUT2D eigenvalue weighted by molar-refractivity contribution is 0.438. The largest absolute Gasteiger partial charge is 0.311 e. The van der Waals surface area contributed by atoms with Crippen molar-refractivity contribution >= 4 is 21.4 Å². The van der Waals surface area contributed by atoms with Crippen LogP contribution >= 0.6 is 11.6 Å². The smallest absolute Gasteiger partial charge is 0.179 e. The first-order valence-corrected chi connectivity index (χ1v) is 7.47. The zero-order valence-electron chi connectivity index (χ0n) is 10.3. The summed E-state index contributed by atoms with van der Waals surface area (Å²) in [6.45, 7) is 6.43. The van der Waals surface area contributed by atoms with Gasteiger partial charge in [0.1, 0.15) is 0 Å². The maximum atomic E-state index is 12.0. The summed E-state index contributed by atoms with van der Waals surface area (Å²) in [5, 5.41) is 3.59. The third-order valence-electron chi connectivity index (χ3n) is 2.18. The number of benzene rings is 1. The molecular formula is C12H18ClNO2S. The maximum absolute atomic E-state index is 12.0. The summed E-state index contributed by atoms with van der Waals surface area (Å²) in [7, 11) is -3.25. The first-order chi connectivity index (χ1) is 7.71. The Labute approximate surface area is 108 Å². The van der Waals surface area contributed by atoms with Gasteiger partial charge < -0.3 is 5.32 Å². The zero-order chi connectivity index (χ0) is 13.1. The molecule has 96 valence electrons. The highest BCUT2D eigenvalue weighted by Crippen LogP contribution is 2.16. The second kappa shape index (κ2) is 5.38. The van der Waals surface area contributed by atoms with E-state index in [2.05, 4.69) is 5.32 Å². The van der Waals surface area contributed by atoms with Gasteiger partial charge in [-0.1, -0.05) is 17.7 Å². The summed E-state index contributed by atoms with van der Waals surface area (Å²) >= 11 is 5.78. The predicted molar refractivity (Wildman–Crippen MR) is 71.3 cm³/mol. The molecule has 0 amide bonds. The Morgan fingerprint density at radius 1 is 1.29 bits per heavy atom. The molecule has 0 aromatic heterocycles. The number of sulfone groups is 1. The van der Waals surface area contributed by atoms with Crippen LogP contribution in [0, 0.1) is 0 Å². The lowest BCUT2D eigenvalue weighted by Gasteiger charge is -2.20. The van der Waals surface area contributed by atoms with E-state index in [9.17, 15) is 8.42 Å². The van der Waals surface area contributed by atoms with E-state index in [1.54, 1.807) is 18.2 Å².